The van der Waals surface area contributed by atoms with Gasteiger partial charge in [-0.05, 0) is 13.0 Å². The number of nitrogens with zero attached hydrogens (tertiary/aromatic N) is 5. The summed E-state index contributed by atoms with van der Waals surface area (Å²) >= 11 is 1.30. The second-order valence-electron chi connectivity index (χ2n) is 7.19. The molecule has 4 rings (SSSR count). The van der Waals surface area contributed by atoms with Crippen LogP contribution in [0.1, 0.15) is 15.9 Å². The van der Waals surface area contributed by atoms with Crippen molar-refractivity contribution in [2.24, 2.45) is 0 Å². The number of morpholine rings is 1. The van der Waals surface area contributed by atoms with E-state index in [1.165, 1.54) is 36.1 Å². The quantitative estimate of drug-likeness (QED) is 0.556. The van der Waals surface area contributed by atoms with Gasteiger partial charge in [0.05, 0.1) is 23.7 Å². The third kappa shape index (κ3) is 5.73. The smallest absolute Gasteiger partial charge is 0.378 e. The van der Waals surface area contributed by atoms with Gasteiger partial charge in [-0.1, -0.05) is 11.3 Å². The Labute approximate surface area is 191 Å². The molecule has 1 aliphatic heterocycles. The lowest BCUT2D eigenvalue weighted by Gasteiger charge is -2.29. The van der Waals surface area contributed by atoms with Crippen LogP contribution in [-0.2, 0) is 4.74 Å². The van der Waals surface area contributed by atoms with E-state index in [9.17, 15) is 18.0 Å². The van der Waals surface area contributed by atoms with Gasteiger partial charge in [-0.3, -0.25) is 9.78 Å². The monoisotopic (exact) mass is 479 g/mol. The average molecular weight is 479 g/mol. The van der Waals surface area contributed by atoms with Gasteiger partial charge >= 0.3 is 6.18 Å². The molecular weight excluding hydrogens is 459 g/mol. The minimum atomic E-state index is -4.49. The molecule has 0 aromatic carbocycles. The predicted molar refractivity (Wildman–Crippen MR) is 117 cm³/mol. The Morgan fingerprint density at radius 3 is 2.73 bits per heavy atom. The highest BCUT2D eigenvalue weighted by Crippen LogP contribution is 2.32. The van der Waals surface area contributed by atoms with E-state index >= 15 is 0 Å². The summed E-state index contributed by atoms with van der Waals surface area (Å²) in [4.78, 5) is 31.9. The number of hydrogen-bond acceptors (Lipinski definition) is 9. The van der Waals surface area contributed by atoms with Crippen molar-refractivity contribution >= 4 is 34.0 Å². The highest BCUT2D eigenvalue weighted by molar-refractivity contribution is 7.18. The van der Waals surface area contributed by atoms with E-state index in [4.69, 9.17) is 4.74 Å². The summed E-state index contributed by atoms with van der Waals surface area (Å²) < 4.78 is 42.5. The Morgan fingerprint density at radius 1 is 1.18 bits per heavy atom. The normalized spacial score (nSPS) is 14.2. The molecule has 1 aliphatic rings. The number of thiazole rings is 1. The van der Waals surface area contributed by atoms with Crippen LogP contribution in [0.4, 0.5) is 29.9 Å². The van der Waals surface area contributed by atoms with Crippen molar-refractivity contribution in [3.63, 3.8) is 0 Å². The SMILES string of the molecule is Cc1c(Nc2ncc(-c3cncc(C(=O)NCC(F)(F)F)c3)s2)ncnc1N1CCOCC1. The molecule has 0 saturated carbocycles. The molecule has 13 heteroatoms. The fourth-order valence-corrected chi connectivity index (χ4v) is 4.01. The molecule has 9 nitrogen and oxygen atoms in total. The maximum absolute atomic E-state index is 12.4. The number of carbonyl (C=O) groups excluding carboxylic acids is 1. The molecule has 0 spiro atoms. The molecule has 1 saturated heterocycles. The number of pyridine rings is 1. The van der Waals surface area contributed by atoms with Crippen molar-refractivity contribution in [3.05, 3.63) is 42.1 Å². The van der Waals surface area contributed by atoms with E-state index in [1.807, 2.05) is 12.2 Å². The zero-order chi connectivity index (χ0) is 23.4. The number of anilines is 3. The first kappa shape index (κ1) is 22.9. The molecule has 1 fully saturated rings. The standard InChI is InChI=1S/C20H20F3N7O2S/c1-12-16(27-11-28-17(12)30-2-4-32-5-3-30)29-19-25-9-15(33-19)13-6-14(8-24-7-13)18(31)26-10-20(21,22)23/h6-9,11H,2-5,10H2,1H3,(H,26,31)(H,25,27,28,29). The molecule has 0 atom stereocenters. The fraction of sp³-hybridized carbons (Fsp3) is 0.350. The van der Waals surface area contributed by atoms with Crippen LogP contribution in [-0.4, -0.2) is 64.9 Å². The molecule has 0 unspecified atom stereocenters. The first-order valence-electron chi connectivity index (χ1n) is 9.98. The van der Waals surface area contributed by atoms with E-state index in [2.05, 4.69) is 30.2 Å². The van der Waals surface area contributed by atoms with Gasteiger partial charge in [0.15, 0.2) is 5.13 Å². The van der Waals surface area contributed by atoms with Crippen molar-refractivity contribution in [2.75, 3.05) is 43.1 Å². The Morgan fingerprint density at radius 2 is 1.97 bits per heavy atom. The van der Waals surface area contributed by atoms with Crippen LogP contribution in [0.15, 0.2) is 31.0 Å². The summed E-state index contributed by atoms with van der Waals surface area (Å²) in [5.74, 6) is 0.594. The number of ether oxygens (including phenoxy) is 1. The van der Waals surface area contributed by atoms with E-state index < -0.39 is 18.6 Å². The lowest BCUT2D eigenvalue weighted by molar-refractivity contribution is -0.123. The highest BCUT2D eigenvalue weighted by atomic mass is 32.1. The third-order valence-electron chi connectivity index (χ3n) is 4.83. The van der Waals surface area contributed by atoms with Gasteiger partial charge in [-0.25, -0.2) is 15.0 Å². The number of hydrogen-bond donors (Lipinski definition) is 2. The van der Waals surface area contributed by atoms with Crippen LogP contribution in [0.5, 0.6) is 0 Å². The van der Waals surface area contributed by atoms with Gasteiger partial charge in [0, 0.05) is 42.8 Å². The van der Waals surface area contributed by atoms with Crippen LogP contribution in [0.25, 0.3) is 10.4 Å². The summed E-state index contributed by atoms with van der Waals surface area (Å²) in [7, 11) is 0. The predicted octanol–water partition coefficient (Wildman–Crippen LogP) is 3.18. The number of carbonyl (C=O) groups is 1. The van der Waals surface area contributed by atoms with E-state index in [1.54, 1.807) is 6.20 Å². The van der Waals surface area contributed by atoms with Crippen LogP contribution >= 0.6 is 11.3 Å². The number of halogens is 3. The van der Waals surface area contributed by atoms with E-state index in [0.29, 0.717) is 34.6 Å². The average Bonchev–Trinajstić information content (AvgIpc) is 3.28. The van der Waals surface area contributed by atoms with Gasteiger partial charge in [-0.15, -0.1) is 0 Å². The summed E-state index contributed by atoms with van der Waals surface area (Å²) in [6.45, 7) is 3.30. The van der Waals surface area contributed by atoms with Crippen LogP contribution in [0.3, 0.4) is 0 Å². The summed E-state index contributed by atoms with van der Waals surface area (Å²) in [6, 6.07) is 1.47. The largest absolute Gasteiger partial charge is 0.405 e. The maximum Gasteiger partial charge on any atom is 0.405 e. The van der Waals surface area contributed by atoms with Crippen molar-refractivity contribution in [2.45, 2.75) is 13.1 Å². The Kier molecular flexibility index (Phi) is 6.70. The minimum absolute atomic E-state index is 0.0291. The maximum atomic E-state index is 12.4. The zero-order valence-electron chi connectivity index (χ0n) is 17.5. The summed E-state index contributed by atoms with van der Waals surface area (Å²) in [5.41, 5.74) is 1.47. The summed E-state index contributed by atoms with van der Waals surface area (Å²) in [5, 5.41) is 5.59. The van der Waals surface area contributed by atoms with Crippen molar-refractivity contribution in [1.29, 1.82) is 0 Å². The second-order valence-corrected chi connectivity index (χ2v) is 8.22. The lowest BCUT2D eigenvalue weighted by Crippen LogP contribution is -2.37. The molecule has 0 radical (unpaired) electrons. The topological polar surface area (TPSA) is 105 Å². The van der Waals surface area contributed by atoms with Crippen molar-refractivity contribution < 1.29 is 22.7 Å². The minimum Gasteiger partial charge on any atom is -0.378 e. The van der Waals surface area contributed by atoms with Crippen LogP contribution < -0.4 is 15.5 Å². The third-order valence-corrected chi connectivity index (χ3v) is 5.80. The Hall–Kier alpha value is -3.32. The fourth-order valence-electron chi connectivity index (χ4n) is 3.21. The van der Waals surface area contributed by atoms with Crippen LogP contribution in [0.2, 0.25) is 0 Å². The molecule has 0 aliphatic carbocycles. The highest BCUT2D eigenvalue weighted by Gasteiger charge is 2.28. The zero-order valence-corrected chi connectivity index (χ0v) is 18.3. The number of aromatic nitrogens is 4. The van der Waals surface area contributed by atoms with E-state index in [0.717, 1.165) is 24.5 Å². The molecule has 3 aromatic heterocycles. The molecule has 0 bridgehead atoms. The van der Waals surface area contributed by atoms with Gasteiger partial charge in [0.1, 0.15) is 24.5 Å². The molecule has 2 N–H and O–H groups in total. The second kappa shape index (κ2) is 9.67. The molecule has 174 valence electrons. The van der Waals surface area contributed by atoms with E-state index in [-0.39, 0.29) is 5.56 Å². The number of rotatable bonds is 6. The number of alkyl halides is 3. The lowest BCUT2D eigenvalue weighted by atomic mass is 10.2. The van der Waals surface area contributed by atoms with Gasteiger partial charge in [0.25, 0.3) is 5.91 Å². The van der Waals surface area contributed by atoms with Crippen molar-refractivity contribution in [1.82, 2.24) is 25.3 Å². The molecule has 3 aromatic rings. The Bertz CT molecular complexity index is 1130. The van der Waals surface area contributed by atoms with Crippen LogP contribution in [0, 0.1) is 6.92 Å². The Balaban J connectivity index is 1.48. The first-order valence-corrected chi connectivity index (χ1v) is 10.8. The summed E-state index contributed by atoms with van der Waals surface area (Å²) in [6.07, 6.45) is 1.33. The number of amides is 1. The first-order chi connectivity index (χ1) is 15.8. The van der Waals surface area contributed by atoms with Gasteiger partial charge in [-0.2, -0.15) is 13.2 Å². The molecule has 1 amide bonds. The van der Waals surface area contributed by atoms with Crippen molar-refractivity contribution in [3.8, 4) is 10.4 Å². The van der Waals surface area contributed by atoms with Gasteiger partial charge < -0.3 is 20.3 Å². The molecule has 4 heterocycles. The number of nitrogens with one attached hydrogen (secondary N) is 2. The molecular formula is C20H20F3N7O2S. The molecule has 33 heavy (non-hydrogen) atoms. The van der Waals surface area contributed by atoms with Gasteiger partial charge in [0.2, 0.25) is 0 Å².